The maximum Gasteiger partial charge on any atom is 0.225 e. The topological polar surface area (TPSA) is 54.4 Å². The molecule has 0 aliphatic carbocycles. The molecule has 0 rings (SSSR count). The standard InChI is InChI=1S/C4H7ClO3S/c1-3(4(5)6)2-9(7)8/h3H,2H2,1H3,(H,7,8). The van der Waals surface area contributed by atoms with Gasteiger partial charge in [0, 0.05) is 5.92 Å². The van der Waals surface area contributed by atoms with Crippen molar-refractivity contribution in [2.24, 2.45) is 5.92 Å². The first-order valence-electron chi connectivity index (χ1n) is 2.31. The lowest BCUT2D eigenvalue weighted by atomic mass is 10.3. The summed E-state index contributed by atoms with van der Waals surface area (Å²) in [6, 6.07) is 0. The van der Waals surface area contributed by atoms with Gasteiger partial charge in [0.15, 0.2) is 11.1 Å². The molecule has 9 heavy (non-hydrogen) atoms. The molecule has 0 aromatic rings. The quantitative estimate of drug-likeness (QED) is 0.499. The lowest BCUT2D eigenvalue weighted by molar-refractivity contribution is -0.114. The lowest BCUT2D eigenvalue weighted by Crippen LogP contribution is -2.12. The van der Waals surface area contributed by atoms with E-state index >= 15 is 0 Å². The van der Waals surface area contributed by atoms with Crippen LogP contribution in [0.4, 0.5) is 0 Å². The minimum atomic E-state index is -1.92. The van der Waals surface area contributed by atoms with Gasteiger partial charge in [0.1, 0.15) is 0 Å². The minimum Gasteiger partial charge on any atom is -0.306 e. The lowest BCUT2D eigenvalue weighted by Gasteiger charge is -1.98. The fourth-order valence-corrected chi connectivity index (χ4v) is 1.03. The third-order valence-electron chi connectivity index (χ3n) is 0.780. The van der Waals surface area contributed by atoms with Crippen LogP contribution in [0.5, 0.6) is 0 Å². The fraction of sp³-hybridized carbons (Fsp3) is 0.750. The Morgan fingerprint density at radius 2 is 2.33 bits per heavy atom. The highest BCUT2D eigenvalue weighted by molar-refractivity contribution is 7.79. The van der Waals surface area contributed by atoms with Crippen LogP contribution in [0, 0.1) is 5.92 Å². The third-order valence-corrected chi connectivity index (χ3v) is 1.94. The number of hydrogen-bond acceptors (Lipinski definition) is 2. The Morgan fingerprint density at radius 3 is 2.44 bits per heavy atom. The molecule has 2 atom stereocenters. The Labute approximate surface area is 60.7 Å². The summed E-state index contributed by atoms with van der Waals surface area (Å²) in [5.74, 6) is -0.611. The van der Waals surface area contributed by atoms with Crippen LogP contribution in [0.25, 0.3) is 0 Å². The molecule has 0 aromatic carbocycles. The minimum absolute atomic E-state index is 0.0810. The Balaban J connectivity index is 3.63. The predicted molar refractivity (Wildman–Crippen MR) is 35.7 cm³/mol. The van der Waals surface area contributed by atoms with E-state index in [1.54, 1.807) is 0 Å². The molecule has 0 fully saturated rings. The number of rotatable bonds is 3. The molecule has 5 heteroatoms. The summed E-state index contributed by atoms with van der Waals surface area (Å²) >= 11 is 3.07. The van der Waals surface area contributed by atoms with E-state index in [0.29, 0.717) is 0 Å². The summed E-state index contributed by atoms with van der Waals surface area (Å²) < 4.78 is 18.2. The molecular weight excluding hydrogens is 164 g/mol. The Morgan fingerprint density at radius 1 is 1.89 bits per heavy atom. The van der Waals surface area contributed by atoms with E-state index in [-0.39, 0.29) is 5.75 Å². The predicted octanol–water partition coefficient (Wildman–Crippen LogP) is 0.610. The van der Waals surface area contributed by atoms with E-state index in [9.17, 15) is 9.00 Å². The van der Waals surface area contributed by atoms with Crippen LogP contribution in [-0.4, -0.2) is 19.8 Å². The van der Waals surface area contributed by atoms with Crippen LogP contribution >= 0.6 is 11.6 Å². The van der Waals surface area contributed by atoms with E-state index < -0.39 is 22.2 Å². The van der Waals surface area contributed by atoms with Crippen molar-refractivity contribution in [3.63, 3.8) is 0 Å². The molecule has 0 saturated carbocycles. The van der Waals surface area contributed by atoms with Gasteiger partial charge in [0.2, 0.25) is 5.24 Å². The Bertz CT molecular complexity index is 136. The first-order chi connectivity index (χ1) is 4.04. The molecule has 0 aliphatic heterocycles. The third kappa shape index (κ3) is 4.57. The van der Waals surface area contributed by atoms with Crippen molar-refractivity contribution >= 4 is 27.9 Å². The summed E-state index contributed by atoms with van der Waals surface area (Å²) in [5, 5.41) is -0.572. The molecule has 0 saturated heterocycles. The molecule has 0 aromatic heterocycles. The second-order valence-corrected chi connectivity index (χ2v) is 3.04. The van der Waals surface area contributed by atoms with Gasteiger partial charge in [-0.15, -0.1) is 0 Å². The molecule has 0 heterocycles. The highest BCUT2D eigenvalue weighted by atomic mass is 35.5. The van der Waals surface area contributed by atoms with Gasteiger partial charge >= 0.3 is 0 Å². The summed E-state index contributed by atoms with van der Waals surface area (Å²) in [6.07, 6.45) is 0. The van der Waals surface area contributed by atoms with Gasteiger partial charge in [-0.3, -0.25) is 4.79 Å². The molecule has 0 aliphatic rings. The van der Waals surface area contributed by atoms with Crippen molar-refractivity contribution in [2.75, 3.05) is 5.75 Å². The van der Waals surface area contributed by atoms with Gasteiger partial charge in [-0.25, -0.2) is 4.21 Å². The van der Waals surface area contributed by atoms with Crippen molar-refractivity contribution in [1.29, 1.82) is 0 Å². The van der Waals surface area contributed by atoms with Crippen LogP contribution in [0.15, 0.2) is 0 Å². The maximum atomic E-state index is 10.2. The van der Waals surface area contributed by atoms with E-state index in [1.165, 1.54) is 6.92 Å². The van der Waals surface area contributed by atoms with Crippen molar-refractivity contribution in [1.82, 2.24) is 0 Å². The zero-order valence-electron chi connectivity index (χ0n) is 4.83. The molecule has 0 radical (unpaired) electrons. The van der Waals surface area contributed by atoms with E-state index in [2.05, 4.69) is 0 Å². The van der Waals surface area contributed by atoms with Crippen LogP contribution in [-0.2, 0) is 15.9 Å². The molecule has 0 bridgehead atoms. The second-order valence-electron chi connectivity index (χ2n) is 1.69. The highest BCUT2D eigenvalue weighted by Crippen LogP contribution is 2.00. The van der Waals surface area contributed by atoms with Gasteiger partial charge in [0.05, 0.1) is 5.75 Å². The zero-order chi connectivity index (χ0) is 7.44. The molecule has 2 unspecified atom stereocenters. The van der Waals surface area contributed by atoms with Gasteiger partial charge in [-0.2, -0.15) is 0 Å². The average molecular weight is 171 g/mol. The smallest absolute Gasteiger partial charge is 0.225 e. The van der Waals surface area contributed by atoms with Crippen LogP contribution in [0.2, 0.25) is 0 Å². The van der Waals surface area contributed by atoms with Crippen LogP contribution in [0.3, 0.4) is 0 Å². The Kier molecular flexibility index (Phi) is 4.01. The second kappa shape index (κ2) is 3.98. The van der Waals surface area contributed by atoms with E-state index in [0.717, 1.165) is 0 Å². The maximum absolute atomic E-state index is 10.2. The monoisotopic (exact) mass is 170 g/mol. The van der Waals surface area contributed by atoms with Crippen LogP contribution < -0.4 is 0 Å². The summed E-state index contributed by atoms with van der Waals surface area (Å²) in [7, 11) is 0. The number of carbonyl (C=O) groups excluding carboxylic acids is 1. The van der Waals surface area contributed by atoms with Crippen molar-refractivity contribution in [2.45, 2.75) is 6.92 Å². The van der Waals surface area contributed by atoms with Crippen molar-refractivity contribution in [3.05, 3.63) is 0 Å². The number of hydrogen-bond donors (Lipinski definition) is 1. The van der Waals surface area contributed by atoms with Gasteiger partial charge < -0.3 is 4.55 Å². The zero-order valence-corrected chi connectivity index (χ0v) is 6.41. The molecular formula is C4H7ClO3S. The van der Waals surface area contributed by atoms with Crippen molar-refractivity contribution in [3.8, 4) is 0 Å². The average Bonchev–Trinajstić information content (AvgIpc) is 1.63. The van der Waals surface area contributed by atoms with Gasteiger partial charge in [0.25, 0.3) is 0 Å². The van der Waals surface area contributed by atoms with Crippen molar-refractivity contribution < 1.29 is 13.6 Å². The van der Waals surface area contributed by atoms with E-state index in [4.69, 9.17) is 16.2 Å². The van der Waals surface area contributed by atoms with Crippen LogP contribution in [0.1, 0.15) is 6.92 Å². The SMILES string of the molecule is CC(CS(=O)O)C(=O)Cl. The van der Waals surface area contributed by atoms with Gasteiger partial charge in [-0.05, 0) is 11.6 Å². The number of carbonyl (C=O) groups is 1. The summed E-state index contributed by atoms with van der Waals surface area (Å²) in [6.45, 7) is 1.50. The molecule has 54 valence electrons. The molecule has 0 spiro atoms. The largest absolute Gasteiger partial charge is 0.306 e. The fourth-order valence-electron chi connectivity index (χ4n) is 0.279. The molecule has 1 N–H and O–H groups in total. The first-order valence-corrected chi connectivity index (χ1v) is 3.96. The first kappa shape index (κ1) is 9.07. The highest BCUT2D eigenvalue weighted by Gasteiger charge is 2.11. The van der Waals surface area contributed by atoms with E-state index in [1.807, 2.05) is 0 Å². The molecule has 3 nitrogen and oxygen atoms in total. The summed E-state index contributed by atoms with van der Waals surface area (Å²) in [5.41, 5.74) is 0. The normalized spacial score (nSPS) is 16.8. The Hall–Kier alpha value is 0.0700. The number of halogens is 1. The molecule has 0 amide bonds. The van der Waals surface area contributed by atoms with Gasteiger partial charge in [-0.1, -0.05) is 6.92 Å². The summed E-state index contributed by atoms with van der Waals surface area (Å²) in [4.78, 5) is 10.2.